The zero-order valence-electron chi connectivity index (χ0n) is 35.6. The van der Waals surface area contributed by atoms with Crippen molar-refractivity contribution >= 4 is 11.6 Å². The van der Waals surface area contributed by atoms with Crippen molar-refractivity contribution in [3.63, 3.8) is 0 Å². The summed E-state index contributed by atoms with van der Waals surface area (Å²) in [5.74, 6) is 7.90. The van der Waals surface area contributed by atoms with Gasteiger partial charge in [-0.3, -0.25) is 9.59 Å². The molecule has 0 aromatic rings. The lowest BCUT2D eigenvalue weighted by Crippen LogP contribution is -2.63. The molecule has 0 aromatic heterocycles. The summed E-state index contributed by atoms with van der Waals surface area (Å²) in [5, 5.41) is 10.7. The number of allylic oxidation sites excluding steroid dienone is 3. The van der Waals surface area contributed by atoms with E-state index in [9.17, 15) is 14.7 Å². The fourth-order valence-electron chi connectivity index (χ4n) is 17.9. The zero-order valence-corrected chi connectivity index (χ0v) is 35.6. The van der Waals surface area contributed by atoms with Gasteiger partial charge in [0.1, 0.15) is 5.78 Å². The van der Waals surface area contributed by atoms with Crippen LogP contribution in [0, 0.1) is 91.7 Å². The molecule has 7 fully saturated rings. The Bertz CT molecular complexity index is 1530. The molecule has 7 saturated carbocycles. The molecule has 0 heterocycles. The van der Waals surface area contributed by atoms with Crippen molar-refractivity contribution < 1.29 is 14.7 Å². The molecule has 0 saturated heterocycles. The van der Waals surface area contributed by atoms with E-state index in [1.165, 1.54) is 95.5 Å². The number of hydrogen-bond donors (Lipinski definition) is 1. The third-order valence-electron chi connectivity index (χ3n) is 21.0. The molecule has 0 radical (unpaired) electrons. The van der Waals surface area contributed by atoms with Crippen molar-refractivity contribution in [2.45, 2.75) is 178 Å². The number of aliphatic hydroxyl groups excluding tert-OH is 1. The highest BCUT2D eigenvalue weighted by Gasteiger charge is 2.68. The van der Waals surface area contributed by atoms with E-state index in [-0.39, 0.29) is 10.8 Å². The number of carbonyl (C=O) groups is 2. The Morgan fingerprint density at radius 1 is 0.774 bits per heavy atom. The first-order valence-electron chi connectivity index (χ1n) is 23.0. The summed E-state index contributed by atoms with van der Waals surface area (Å²) in [6.45, 7) is 22.8. The molecule has 9 aliphatic rings. The molecule has 0 aromatic carbocycles. The lowest BCUT2D eigenvalue weighted by Gasteiger charge is -2.71. The number of fused-ring (bicyclic) bond motifs is 12. The topological polar surface area (TPSA) is 54.4 Å². The van der Waals surface area contributed by atoms with Crippen LogP contribution in [-0.2, 0) is 9.59 Å². The van der Waals surface area contributed by atoms with Gasteiger partial charge in [0.15, 0.2) is 5.78 Å². The van der Waals surface area contributed by atoms with Gasteiger partial charge in [-0.2, -0.15) is 0 Å². The smallest absolute Gasteiger partial charge is 0.155 e. The largest absolute Gasteiger partial charge is 0.396 e. The Hall–Kier alpha value is -1.22. The van der Waals surface area contributed by atoms with Gasteiger partial charge in [0, 0.05) is 24.4 Å². The highest BCUT2D eigenvalue weighted by Crippen LogP contribution is 2.76. The van der Waals surface area contributed by atoms with Crippen molar-refractivity contribution in [1.29, 1.82) is 0 Å². The average Bonchev–Trinajstić information content (AvgIpc) is 3.47. The highest BCUT2D eigenvalue weighted by molar-refractivity contribution is 5.91. The highest BCUT2D eigenvalue weighted by atomic mass is 16.3. The molecule has 0 aliphatic heterocycles. The van der Waals surface area contributed by atoms with Crippen LogP contribution in [0.25, 0.3) is 0 Å². The fourth-order valence-corrected chi connectivity index (χ4v) is 17.9. The van der Waals surface area contributed by atoms with Crippen molar-refractivity contribution in [2.75, 3.05) is 6.61 Å². The van der Waals surface area contributed by atoms with E-state index in [1.807, 2.05) is 6.08 Å². The zero-order chi connectivity index (χ0) is 37.9. The Balaban J connectivity index is 0.000000160. The monoisotopic (exact) mass is 727 g/mol. The normalized spacial score (nSPS) is 52.3. The summed E-state index contributed by atoms with van der Waals surface area (Å²) in [6, 6.07) is 0. The van der Waals surface area contributed by atoms with Crippen molar-refractivity contribution in [3.8, 4) is 0 Å². The number of Topliss-reactive ketones (excluding diaryl/α,β-unsaturated/α-hetero) is 1. The summed E-state index contributed by atoms with van der Waals surface area (Å²) >= 11 is 0. The molecule has 296 valence electrons. The third kappa shape index (κ3) is 5.53. The average molecular weight is 727 g/mol. The molecule has 53 heavy (non-hydrogen) atoms. The van der Waals surface area contributed by atoms with Gasteiger partial charge in [0.2, 0.25) is 0 Å². The molecular weight excluding hydrogens is 649 g/mol. The minimum Gasteiger partial charge on any atom is -0.396 e. The van der Waals surface area contributed by atoms with E-state index in [4.69, 9.17) is 0 Å². The molecule has 0 bridgehead atoms. The van der Waals surface area contributed by atoms with Gasteiger partial charge in [-0.1, -0.05) is 79.0 Å². The summed E-state index contributed by atoms with van der Waals surface area (Å²) in [5.41, 5.74) is 5.41. The van der Waals surface area contributed by atoms with Crippen LogP contribution < -0.4 is 0 Å². The summed E-state index contributed by atoms with van der Waals surface area (Å²) in [4.78, 5) is 23.8. The van der Waals surface area contributed by atoms with Gasteiger partial charge < -0.3 is 5.11 Å². The second kappa shape index (κ2) is 13.2. The Morgan fingerprint density at radius 2 is 1.55 bits per heavy atom. The van der Waals surface area contributed by atoms with Crippen molar-refractivity contribution in [3.05, 3.63) is 23.3 Å². The van der Waals surface area contributed by atoms with Crippen LogP contribution in [0.5, 0.6) is 0 Å². The van der Waals surface area contributed by atoms with Crippen LogP contribution in [0.4, 0.5) is 0 Å². The second-order valence-electron chi connectivity index (χ2n) is 23.1. The van der Waals surface area contributed by atoms with Crippen molar-refractivity contribution in [1.82, 2.24) is 0 Å². The van der Waals surface area contributed by atoms with Gasteiger partial charge in [-0.15, -0.1) is 0 Å². The maximum Gasteiger partial charge on any atom is 0.155 e. The molecule has 3 heteroatoms. The Morgan fingerprint density at radius 3 is 2.28 bits per heavy atom. The van der Waals surface area contributed by atoms with Crippen LogP contribution >= 0.6 is 0 Å². The number of aliphatic hydroxyl groups is 1. The first-order chi connectivity index (χ1) is 25.0. The van der Waals surface area contributed by atoms with E-state index < -0.39 is 0 Å². The van der Waals surface area contributed by atoms with Crippen LogP contribution in [0.3, 0.4) is 0 Å². The Labute approximate surface area is 324 Å². The summed E-state index contributed by atoms with van der Waals surface area (Å²) < 4.78 is 0. The number of ketones is 2. The fraction of sp³-hybridized carbons (Fsp3) is 0.880. The predicted molar refractivity (Wildman–Crippen MR) is 217 cm³/mol. The van der Waals surface area contributed by atoms with Gasteiger partial charge in [-0.25, -0.2) is 0 Å². The molecule has 15 atom stereocenters. The second-order valence-corrected chi connectivity index (χ2v) is 23.1. The molecule has 9 rings (SSSR count). The van der Waals surface area contributed by atoms with E-state index in [1.54, 1.807) is 12.5 Å². The van der Waals surface area contributed by atoms with Gasteiger partial charge in [0.25, 0.3) is 0 Å². The number of rotatable bonds is 2. The molecule has 3 nitrogen and oxygen atoms in total. The van der Waals surface area contributed by atoms with Crippen LogP contribution in [0.1, 0.15) is 178 Å². The lowest BCUT2D eigenvalue weighted by molar-refractivity contribution is -0.184. The first-order valence-corrected chi connectivity index (χ1v) is 23.0. The summed E-state index contributed by atoms with van der Waals surface area (Å²) in [7, 11) is 0. The minimum absolute atomic E-state index is 0.161. The predicted octanol–water partition coefficient (Wildman–Crippen LogP) is 12.4. The van der Waals surface area contributed by atoms with E-state index >= 15 is 0 Å². The summed E-state index contributed by atoms with van der Waals surface area (Å²) in [6.07, 6.45) is 27.4. The van der Waals surface area contributed by atoms with Crippen molar-refractivity contribution in [2.24, 2.45) is 91.7 Å². The molecule has 1 N–H and O–H groups in total. The van der Waals surface area contributed by atoms with Crippen LogP contribution in [0.15, 0.2) is 23.3 Å². The van der Waals surface area contributed by atoms with Gasteiger partial charge in [0.05, 0.1) is 0 Å². The number of hydrogen-bond acceptors (Lipinski definition) is 3. The third-order valence-corrected chi connectivity index (χ3v) is 21.0. The van der Waals surface area contributed by atoms with Gasteiger partial charge >= 0.3 is 0 Å². The lowest BCUT2D eigenvalue weighted by atomic mass is 9.33. The maximum atomic E-state index is 12.1. The molecule has 0 unspecified atom stereocenters. The molecule has 0 amide bonds. The molecule has 9 aliphatic carbocycles. The van der Waals surface area contributed by atoms with E-state index in [0.29, 0.717) is 63.5 Å². The maximum absolute atomic E-state index is 12.1. The quantitative estimate of drug-likeness (QED) is 0.288. The number of carbonyl (C=O) groups excluding carboxylic acids is 2. The standard InChI is InChI=1S/C30H50O.C20H28O2/c1-20-11-16-30(19-31)18-17-28(6)22(25(30)21(20)2)9-10-24-27(5)14-8-13-26(3,4)23(27)12-15-29(24,28)7;1-12(21)18-7-8-19-17-5-3-13-11-14(22)4-6-15(13)16(17)9-10-20(18,19)2/h9,20-21,23-25,31H,8,10-19H2,1-7H3;11,15-19H,3-10H2,1-2H3/t20-,21+,23+,24-,25+,27+,28-,29-,30-;15-,16+,17+,18+,19-,20+/m10/s1. The van der Waals surface area contributed by atoms with Crippen LogP contribution in [0.2, 0.25) is 0 Å². The SMILES string of the molecule is CC(=O)[C@H]1CC[C@H]2[C@@H]3CCC4=CC(=O)CC[C@@H]4[C@H]3CC[C@]12C.C[C@H]1[C@H](C)CC[C@]2(CO)CC[C@]3(C)C(=CC[C@@H]4[C@@]5(C)CCCC(C)(C)[C@@H]5CC[C@]43C)[C@H]12. The minimum atomic E-state index is 0.161. The molecular formula is C50H78O3. The van der Waals surface area contributed by atoms with Gasteiger partial charge in [-0.05, 0) is 196 Å². The first kappa shape index (κ1) is 38.6. The van der Waals surface area contributed by atoms with E-state index in [2.05, 4.69) is 61.5 Å². The van der Waals surface area contributed by atoms with Crippen LogP contribution in [-0.4, -0.2) is 23.3 Å². The van der Waals surface area contributed by atoms with E-state index in [0.717, 1.165) is 61.2 Å². The Kier molecular flexibility index (Phi) is 9.60. The molecule has 0 spiro atoms.